The van der Waals surface area contributed by atoms with Gasteiger partial charge in [-0.1, -0.05) is 48.5 Å². The largest absolute Gasteiger partial charge is 0.507 e. The second-order valence-electron chi connectivity index (χ2n) is 5.57. The van der Waals surface area contributed by atoms with E-state index in [1.807, 2.05) is 6.07 Å². The summed E-state index contributed by atoms with van der Waals surface area (Å²) in [5.74, 6) is 0.345. The van der Waals surface area contributed by atoms with Crippen LogP contribution in [-0.4, -0.2) is 20.6 Å². The van der Waals surface area contributed by atoms with Crippen LogP contribution in [0, 0.1) is 0 Å². The van der Waals surface area contributed by atoms with E-state index in [1.54, 1.807) is 66.7 Å². The van der Waals surface area contributed by atoms with Crippen molar-refractivity contribution in [3.05, 3.63) is 90.0 Å². The molecule has 1 unspecified atom stereocenters. The number of ether oxygens (including phenoxy) is 1. The van der Waals surface area contributed by atoms with E-state index in [4.69, 9.17) is 4.74 Å². The number of benzene rings is 3. The third kappa shape index (κ3) is 3.37. The van der Waals surface area contributed by atoms with Crippen LogP contribution in [-0.2, 0) is 9.84 Å². The molecular weight excluding hydrogens is 336 g/mol. The fourth-order valence-electron chi connectivity index (χ4n) is 2.77. The van der Waals surface area contributed by atoms with Crippen LogP contribution in [0.3, 0.4) is 0 Å². The van der Waals surface area contributed by atoms with Gasteiger partial charge in [-0.25, -0.2) is 8.42 Å². The molecule has 0 aliphatic carbocycles. The van der Waals surface area contributed by atoms with Crippen LogP contribution in [0.2, 0.25) is 0 Å². The van der Waals surface area contributed by atoms with Crippen molar-refractivity contribution in [1.82, 2.24) is 0 Å². The molecule has 0 aliphatic heterocycles. The van der Waals surface area contributed by atoms with Crippen molar-refractivity contribution in [2.24, 2.45) is 0 Å². The van der Waals surface area contributed by atoms with Crippen molar-refractivity contribution in [2.75, 3.05) is 7.11 Å². The van der Waals surface area contributed by atoms with Crippen LogP contribution in [0.1, 0.15) is 16.4 Å². The summed E-state index contributed by atoms with van der Waals surface area (Å²) in [5, 5.41) is 9.41. The minimum Gasteiger partial charge on any atom is -0.507 e. The van der Waals surface area contributed by atoms with E-state index in [0.717, 1.165) is 0 Å². The van der Waals surface area contributed by atoms with E-state index < -0.39 is 15.1 Å². The van der Waals surface area contributed by atoms with Gasteiger partial charge in [-0.3, -0.25) is 0 Å². The first-order chi connectivity index (χ1) is 12.0. The third-order valence-electron chi connectivity index (χ3n) is 4.00. The van der Waals surface area contributed by atoms with Crippen molar-refractivity contribution >= 4 is 9.84 Å². The summed E-state index contributed by atoms with van der Waals surface area (Å²) in [5.41, 5.74) is 0.905. The van der Waals surface area contributed by atoms with Crippen molar-refractivity contribution in [3.8, 4) is 11.5 Å². The third-order valence-corrected chi connectivity index (χ3v) is 6.08. The highest BCUT2D eigenvalue weighted by Crippen LogP contribution is 2.40. The molecule has 25 heavy (non-hydrogen) atoms. The summed E-state index contributed by atoms with van der Waals surface area (Å²) in [7, 11) is -2.26. The molecule has 0 saturated heterocycles. The lowest BCUT2D eigenvalue weighted by atomic mass is 10.0. The molecule has 0 amide bonds. The number of phenolic OH excluding ortho intramolecular Hbond substituents is 1. The first-order valence-electron chi connectivity index (χ1n) is 7.75. The number of aromatic hydroxyl groups is 1. The Balaban J connectivity index is 2.22. The zero-order valence-corrected chi connectivity index (χ0v) is 14.5. The van der Waals surface area contributed by atoms with E-state index in [1.165, 1.54) is 13.2 Å². The van der Waals surface area contributed by atoms with Crippen molar-refractivity contribution in [3.63, 3.8) is 0 Å². The molecule has 4 nitrogen and oxygen atoms in total. The molecule has 0 saturated carbocycles. The van der Waals surface area contributed by atoms with E-state index >= 15 is 0 Å². The molecule has 0 radical (unpaired) electrons. The lowest BCUT2D eigenvalue weighted by Crippen LogP contribution is -2.15. The predicted molar refractivity (Wildman–Crippen MR) is 96.6 cm³/mol. The molecule has 0 bridgehead atoms. The number of hydrogen-bond acceptors (Lipinski definition) is 4. The molecule has 0 aromatic heterocycles. The summed E-state index contributed by atoms with van der Waals surface area (Å²) in [6.07, 6.45) is 0. The van der Waals surface area contributed by atoms with Gasteiger partial charge in [-0.05, 0) is 29.8 Å². The number of sulfone groups is 1. The van der Waals surface area contributed by atoms with E-state index in [2.05, 4.69) is 0 Å². The number of phenols is 1. The highest BCUT2D eigenvalue weighted by atomic mass is 32.2. The Morgan fingerprint density at radius 2 is 1.48 bits per heavy atom. The van der Waals surface area contributed by atoms with Gasteiger partial charge in [0.25, 0.3) is 0 Å². The van der Waals surface area contributed by atoms with Crippen LogP contribution in [0.15, 0.2) is 83.8 Å². The number of methoxy groups -OCH3 is 1. The quantitative estimate of drug-likeness (QED) is 0.753. The molecule has 0 spiro atoms. The topological polar surface area (TPSA) is 63.6 Å². The van der Waals surface area contributed by atoms with Gasteiger partial charge in [0.1, 0.15) is 16.7 Å². The van der Waals surface area contributed by atoms with E-state index in [9.17, 15) is 13.5 Å². The maximum atomic E-state index is 13.3. The molecule has 5 heteroatoms. The van der Waals surface area contributed by atoms with Gasteiger partial charge in [0.15, 0.2) is 9.84 Å². The summed E-state index contributed by atoms with van der Waals surface area (Å²) >= 11 is 0. The van der Waals surface area contributed by atoms with Gasteiger partial charge in [-0.15, -0.1) is 0 Å². The summed E-state index contributed by atoms with van der Waals surface area (Å²) in [4.78, 5) is 0.207. The Labute approximate surface area is 147 Å². The Morgan fingerprint density at radius 1 is 0.880 bits per heavy atom. The first-order valence-corrected chi connectivity index (χ1v) is 9.29. The first kappa shape index (κ1) is 17.0. The zero-order valence-electron chi connectivity index (χ0n) is 13.7. The molecule has 3 aromatic carbocycles. The Bertz CT molecular complexity index is 952. The van der Waals surface area contributed by atoms with Crippen LogP contribution in [0.5, 0.6) is 11.5 Å². The molecular formula is C20H18O4S. The smallest absolute Gasteiger partial charge is 0.189 e. The lowest BCUT2D eigenvalue weighted by Gasteiger charge is -2.20. The van der Waals surface area contributed by atoms with Gasteiger partial charge in [0.2, 0.25) is 0 Å². The van der Waals surface area contributed by atoms with Crippen LogP contribution in [0.25, 0.3) is 0 Å². The minimum atomic E-state index is -3.75. The molecule has 1 N–H and O–H groups in total. The molecule has 0 heterocycles. The van der Waals surface area contributed by atoms with Crippen molar-refractivity contribution < 1.29 is 18.3 Å². The average molecular weight is 354 g/mol. The monoisotopic (exact) mass is 354 g/mol. The Hall–Kier alpha value is -2.79. The summed E-state index contributed by atoms with van der Waals surface area (Å²) < 4.78 is 31.7. The predicted octanol–water partition coefficient (Wildman–Crippen LogP) is 3.96. The average Bonchev–Trinajstić information content (AvgIpc) is 2.64. The standard InChI is InChI=1S/C20H18O4S/c1-24-16-12-13-18(19(21)14-16)20(15-8-4-2-5-9-15)25(22,23)17-10-6-3-7-11-17/h2-14,20-21H,1H3. The van der Waals surface area contributed by atoms with E-state index in [0.29, 0.717) is 16.9 Å². The lowest BCUT2D eigenvalue weighted by molar-refractivity contribution is 0.406. The number of rotatable bonds is 5. The fourth-order valence-corrected chi connectivity index (χ4v) is 4.63. The SMILES string of the molecule is COc1ccc(C(c2ccccc2)S(=O)(=O)c2ccccc2)c(O)c1. The van der Waals surface area contributed by atoms with Gasteiger partial charge < -0.3 is 9.84 Å². The zero-order chi connectivity index (χ0) is 17.9. The normalized spacial score (nSPS) is 12.5. The van der Waals surface area contributed by atoms with Crippen molar-refractivity contribution in [2.45, 2.75) is 10.1 Å². The van der Waals surface area contributed by atoms with Crippen LogP contribution < -0.4 is 4.74 Å². The Morgan fingerprint density at radius 3 is 2.04 bits per heavy atom. The molecule has 128 valence electrons. The van der Waals surface area contributed by atoms with E-state index in [-0.39, 0.29) is 10.6 Å². The Kier molecular flexibility index (Phi) is 4.76. The van der Waals surface area contributed by atoms with Crippen molar-refractivity contribution in [1.29, 1.82) is 0 Å². The molecule has 1 atom stereocenters. The molecule has 3 rings (SSSR count). The van der Waals surface area contributed by atoms with Gasteiger partial charge in [-0.2, -0.15) is 0 Å². The highest BCUT2D eigenvalue weighted by Gasteiger charge is 2.32. The number of hydrogen-bond donors (Lipinski definition) is 1. The van der Waals surface area contributed by atoms with Crippen LogP contribution in [0.4, 0.5) is 0 Å². The molecule has 0 fully saturated rings. The highest BCUT2D eigenvalue weighted by molar-refractivity contribution is 7.92. The van der Waals surface area contributed by atoms with Gasteiger partial charge in [0.05, 0.1) is 12.0 Å². The molecule has 0 aliphatic rings. The maximum Gasteiger partial charge on any atom is 0.189 e. The summed E-state index contributed by atoms with van der Waals surface area (Å²) in [6, 6.07) is 21.8. The fraction of sp³-hybridized carbons (Fsp3) is 0.100. The minimum absolute atomic E-state index is 0.118. The second-order valence-corrected chi connectivity index (χ2v) is 7.61. The molecule has 3 aromatic rings. The maximum absolute atomic E-state index is 13.3. The van der Waals surface area contributed by atoms with Crippen LogP contribution >= 0.6 is 0 Å². The van der Waals surface area contributed by atoms with Gasteiger partial charge in [0, 0.05) is 11.6 Å². The van der Waals surface area contributed by atoms with Gasteiger partial charge >= 0.3 is 0 Å². The summed E-state index contributed by atoms with van der Waals surface area (Å²) in [6.45, 7) is 0. The second kappa shape index (κ2) is 6.99.